The van der Waals surface area contributed by atoms with Gasteiger partial charge in [-0.2, -0.15) is 0 Å². The van der Waals surface area contributed by atoms with Gasteiger partial charge >= 0.3 is 0 Å². The minimum atomic E-state index is -0.354. The van der Waals surface area contributed by atoms with Gasteiger partial charge < -0.3 is 9.88 Å². The molecule has 3 rings (SSSR count). The lowest BCUT2D eigenvalue weighted by Gasteiger charge is -2.18. The molecule has 1 amide bonds. The first-order valence-corrected chi connectivity index (χ1v) is 8.59. The third kappa shape index (κ3) is 3.74. The Balaban J connectivity index is 1.81. The number of carbonyl (C=O) groups is 1. The van der Waals surface area contributed by atoms with Crippen molar-refractivity contribution in [2.24, 2.45) is 0 Å². The van der Waals surface area contributed by atoms with Crippen molar-refractivity contribution in [3.05, 3.63) is 69.3 Å². The highest BCUT2D eigenvalue weighted by Gasteiger charge is 2.17. The number of benzene rings is 2. The van der Waals surface area contributed by atoms with E-state index in [1.165, 1.54) is 23.1 Å². The zero-order chi connectivity index (χ0) is 18.1. The summed E-state index contributed by atoms with van der Waals surface area (Å²) in [5.74, 6) is -0.856. The van der Waals surface area contributed by atoms with Crippen LogP contribution in [0.3, 0.4) is 0 Å². The zero-order valence-electron chi connectivity index (χ0n) is 13.9. The van der Waals surface area contributed by atoms with Crippen LogP contribution in [0, 0.1) is 18.6 Å². The molecule has 0 spiro atoms. The molecular formula is C19H17BrF2N2O. The Morgan fingerprint density at radius 3 is 2.72 bits per heavy atom. The number of hydrogen-bond acceptors (Lipinski definition) is 1. The number of aromatic nitrogens is 1. The Morgan fingerprint density at radius 1 is 1.20 bits per heavy atom. The first-order valence-electron chi connectivity index (χ1n) is 7.79. The van der Waals surface area contributed by atoms with Gasteiger partial charge in [0.25, 0.3) is 0 Å². The van der Waals surface area contributed by atoms with Crippen LogP contribution in [0.1, 0.15) is 16.8 Å². The van der Waals surface area contributed by atoms with Gasteiger partial charge in [-0.25, -0.2) is 8.78 Å². The van der Waals surface area contributed by atoms with Crippen LogP contribution >= 0.6 is 15.9 Å². The van der Waals surface area contributed by atoms with E-state index in [2.05, 4.69) is 20.9 Å². The topological polar surface area (TPSA) is 36.1 Å². The summed E-state index contributed by atoms with van der Waals surface area (Å²) in [4.78, 5) is 17.2. The van der Waals surface area contributed by atoms with Gasteiger partial charge in [-0.3, -0.25) is 4.79 Å². The van der Waals surface area contributed by atoms with Gasteiger partial charge in [-0.15, -0.1) is 0 Å². The van der Waals surface area contributed by atoms with Crippen LogP contribution in [0.15, 0.2) is 40.9 Å². The van der Waals surface area contributed by atoms with Gasteiger partial charge in [-0.1, -0.05) is 15.9 Å². The van der Waals surface area contributed by atoms with E-state index in [1.807, 2.05) is 6.92 Å². The number of halogens is 3. The summed E-state index contributed by atoms with van der Waals surface area (Å²) in [6.07, 6.45) is 0.126. The van der Waals surface area contributed by atoms with Gasteiger partial charge in [-0.05, 0) is 48.9 Å². The predicted molar refractivity (Wildman–Crippen MR) is 97.3 cm³/mol. The fraction of sp³-hybridized carbons (Fsp3) is 0.211. The molecule has 0 bridgehead atoms. The molecule has 0 unspecified atom stereocenters. The van der Waals surface area contributed by atoms with E-state index >= 15 is 0 Å². The highest BCUT2D eigenvalue weighted by molar-refractivity contribution is 9.10. The van der Waals surface area contributed by atoms with Gasteiger partial charge in [0.2, 0.25) is 5.91 Å². The average Bonchev–Trinajstić information content (AvgIpc) is 2.86. The second kappa shape index (κ2) is 6.96. The van der Waals surface area contributed by atoms with Crippen molar-refractivity contribution >= 4 is 32.7 Å². The number of rotatable bonds is 4. The van der Waals surface area contributed by atoms with Crippen LogP contribution in [0.5, 0.6) is 0 Å². The van der Waals surface area contributed by atoms with Gasteiger partial charge in [0.15, 0.2) is 0 Å². The van der Waals surface area contributed by atoms with E-state index in [4.69, 9.17) is 0 Å². The quantitative estimate of drug-likeness (QED) is 0.668. The molecule has 3 aromatic rings. The Bertz CT molecular complexity index is 952. The fourth-order valence-corrected chi connectivity index (χ4v) is 3.29. The predicted octanol–water partition coefficient (Wildman–Crippen LogP) is 4.72. The van der Waals surface area contributed by atoms with Crippen LogP contribution in [-0.4, -0.2) is 22.8 Å². The molecule has 0 saturated heterocycles. The van der Waals surface area contributed by atoms with E-state index in [0.29, 0.717) is 10.9 Å². The number of nitrogens with one attached hydrogen (secondary N) is 1. The number of H-pyrrole nitrogens is 1. The minimum absolute atomic E-state index is 0.126. The van der Waals surface area contributed by atoms with Crippen molar-refractivity contribution in [3.8, 4) is 0 Å². The molecule has 1 aromatic heterocycles. The van der Waals surface area contributed by atoms with Crippen molar-refractivity contribution in [2.45, 2.75) is 19.9 Å². The first-order chi connectivity index (χ1) is 11.8. The van der Waals surface area contributed by atoms with Crippen molar-refractivity contribution in [1.82, 2.24) is 9.88 Å². The second-order valence-electron chi connectivity index (χ2n) is 6.08. The standard InChI is InChI=1S/C19H17BrF2N2O/c1-11-15(16-8-14(21)4-6-18(16)23-11)9-19(25)24(2)10-12-7-13(20)3-5-17(12)22/h3-8,23H,9-10H2,1-2H3. The molecule has 0 radical (unpaired) electrons. The molecule has 0 aliphatic heterocycles. The normalized spacial score (nSPS) is 11.1. The van der Waals surface area contributed by atoms with Gasteiger partial charge in [0.05, 0.1) is 6.42 Å². The van der Waals surface area contributed by atoms with E-state index in [9.17, 15) is 13.6 Å². The SMILES string of the molecule is Cc1[nH]c2ccc(F)cc2c1CC(=O)N(C)Cc1cc(Br)ccc1F. The average molecular weight is 407 g/mol. The maximum Gasteiger partial charge on any atom is 0.227 e. The maximum absolute atomic E-state index is 13.9. The third-order valence-electron chi connectivity index (χ3n) is 4.25. The number of likely N-dealkylation sites (N-methyl/N-ethyl adjacent to an activating group) is 1. The molecule has 0 fully saturated rings. The molecule has 0 aliphatic carbocycles. The largest absolute Gasteiger partial charge is 0.358 e. The summed E-state index contributed by atoms with van der Waals surface area (Å²) in [5.41, 5.74) is 2.83. The molecular weight excluding hydrogens is 390 g/mol. The Labute approximate surface area is 152 Å². The van der Waals surface area contributed by atoms with E-state index in [0.717, 1.165) is 21.2 Å². The molecule has 3 nitrogen and oxygen atoms in total. The molecule has 25 heavy (non-hydrogen) atoms. The summed E-state index contributed by atoms with van der Waals surface area (Å²) in [5, 5.41) is 0.702. The summed E-state index contributed by atoms with van der Waals surface area (Å²) in [6, 6.07) is 9.11. The molecule has 6 heteroatoms. The number of amides is 1. The number of nitrogens with zero attached hydrogens (tertiary/aromatic N) is 1. The first kappa shape index (κ1) is 17.6. The number of aryl methyl sites for hydroxylation is 1. The number of aromatic amines is 1. The Hall–Kier alpha value is -2.21. The molecule has 0 aliphatic rings. The fourth-order valence-electron chi connectivity index (χ4n) is 2.88. The van der Waals surface area contributed by atoms with Gasteiger partial charge in [0.1, 0.15) is 11.6 Å². The second-order valence-corrected chi connectivity index (χ2v) is 7.00. The highest BCUT2D eigenvalue weighted by atomic mass is 79.9. The van der Waals surface area contributed by atoms with Crippen LogP contribution in [-0.2, 0) is 17.8 Å². The van der Waals surface area contributed by atoms with Crippen LogP contribution in [0.2, 0.25) is 0 Å². The molecule has 2 aromatic carbocycles. The monoisotopic (exact) mass is 406 g/mol. The van der Waals surface area contributed by atoms with E-state index in [1.54, 1.807) is 25.2 Å². The highest BCUT2D eigenvalue weighted by Crippen LogP contribution is 2.24. The van der Waals surface area contributed by atoms with Crippen molar-refractivity contribution in [1.29, 1.82) is 0 Å². The molecule has 0 atom stereocenters. The van der Waals surface area contributed by atoms with Crippen molar-refractivity contribution in [2.75, 3.05) is 7.05 Å². The van der Waals surface area contributed by atoms with Crippen LogP contribution in [0.4, 0.5) is 8.78 Å². The lowest BCUT2D eigenvalue weighted by atomic mass is 10.1. The molecule has 0 saturated carbocycles. The summed E-state index contributed by atoms with van der Waals surface area (Å²) >= 11 is 3.31. The minimum Gasteiger partial charge on any atom is -0.358 e. The Kier molecular flexibility index (Phi) is 4.90. The summed E-state index contributed by atoms with van der Waals surface area (Å²) < 4.78 is 28.2. The lowest BCUT2D eigenvalue weighted by molar-refractivity contribution is -0.129. The smallest absolute Gasteiger partial charge is 0.227 e. The molecule has 130 valence electrons. The Morgan fingerprint density at radius 2 is 1.96 bits per heavy atom. The molecule has 1 N–H and O–H groups in total. The van der Waals surface area contributed by atoms with Crippen molar-refractivity contribution < 1.29 is 13.6 Å². The van der Waals surface area contributed by atoms with Gasteiger partial charge in [0, 0.05) is 40.2 Å². The summed E-state index contributed by atoms with van der Waals surface area (Å²) in [7, 11) is 1.63. The lowest BCUT2D eigenvalue weighted by Crippen LogP contribution is -2.28. The molecule has 1 heterocycles. The number of carbonyl (C=O) groups excluding carboxylic acids is 1. The number of fused-ring (bicyclic) bond motifs is 1. The zero-order valence-corrected chi connectivity index (χ0v) is 15.5. The maximum atomic E-state index is 13.9. The van der Waals surface area contributed by atoms with E-state index in [-0.39, 0.29) is 30.5 Å². The summed E-state index contributed by atoms with van der Waals surface area (Å²) in [6.45, 7) is 2.02. The third-order valence-corrected chi connectivity index (χ3v) is 4.74. The number of hydrogen-bond donors (Lipinski definition) is 1. The van der Waals surface area contributed by atoms with Crippen LogP contribution in [0.25, 0.3) is 10.9 Å². The van der Waals surface area contributed by atoms with Crippen LogP contribution < -0.4 is 0 Å². The van der Waals surface area contributed by atoms with E-state index < -0.39 is 0 Å². The van der Waals surface area contributed by atoms with Crippen molar-refractivity contribution in [3.63, 3.8) is 0 Å².